The third-order valence-corrected chi connectivity index (χ3v) is 11.8. The van der Waals surface area contributed by atoms with Crippen molar-refractivity contribution in [2.24, 2.45) is 5.92 Å². The van der Waals surface area contributed by atoms with Gasteiger partial charge in [0, 0.05) is 18.5 Å². The van der Waals surface area contributed by atoms with Gasteiger partial charge in [0.1, 0.15) is 5.60 Å². The van der Waals surface area contributed by atoms with Crippen LogP contribution in [0.1, 0.15) is 59.9 Å². The molecule has 0 atom stereocenters. The number of carbonyl (C=O) groups excluding carboxylic acids is 1. The molecule has 1 aliphatic rings. The Labute approximate surface area is 211 Å². The van der Waals surface area contributed by atoms with Crippen molar-refractivity contribution in [2.75, 3.05) is 19.7 Å². The summed E-state index contributed by atoms with van der Waals surface area (Å²) in [6.45, 7) is 20.6. The van der Waals surface area contributed by atoms with Crippen LogP contribution >= 0.6 is 0 Å². The molecular weight excluding hydrogens is 459 g/mol. The van der Waals surface area contributed by atoms with E-state index in [1.165, 1.54) is 4.57 Å². The molecule has 1 aromatic heterocycles. The Morgan fingerprint density at radius 2 is 1.71 bits per heavy atom. The molecule has 35 heavy (non-hydrogen) atoms. The zero-order valence-electron chi connectivity index (χ0n) is 22.7. The van der Waals surface area contributed by atoms with Crippen LogP contribution in [-0.2, 0) is 15.7 Å². The van der Waals surface area contributed by atoms with Crippen molar-refractivity contribution in [3.05, 3.63) is 29.8 Å². The fourth-order valence-corrected chi connectivity index (χ4v) is 5.28. The summed E-state index contributed by atoms with van der Waals surface area (Å²) in [5.41, 5.74) is 1.16. The first-order valence-electron chi connectivity index (χ1n) is 12.7. The van der Waals surface area contributed by atoms with E-state index < -0.39 is 27.1 Å². The van der Waals surface area contributed by atoms with Crippen LogP contribution in [0.5, 0.6) is 0 Å². The van der Waals surface area contributed by atoms with Crippen molar-refractivity contribution < 1.29 is 24.0 Å². The first-order valence-corrected chi connectivity index (χ1v) is 15.6. The molecule has 1 aromatic carbocycles. The fourth-order valence-electron chi connectivity index (χ4n) is 4.20. The first-order chi connectivity index (χ1) is 16.1. The summed E-state index contributed by atoms with van der Waals surface area (Å²) in [5, 5.41) is 20.7. The van der Waals surface area contributed by atoms with Gasteiger partial charge in [-0.25, -0.2) is 4.79 Å². The second-order valence-electron chi connectivity index (χ2n) is 12.4. The Bertz CT molecular complexity index is 1030. The summed E-state index contributed by atoms with van der Waals surface area (Å²) in [5.74, 6) is 0.610. The van der Waals surface area contributed by atoms with Crippen LogP contribution in [0.2, 0.25) is 18.1 Å². The van der Waals surface area contributed by atoms with Crippen molar-refractivity contribution in [3.63, 3.8) is 0 Å². The van der Waals surface area contributed by atoms with Crippen LogP contribution in [-0.4, -0.2) is 66.3 Å². The van der Waals surface area contributed by atoms with Gasteiger partial charge < -0.3 is 19.2 Å². The maximum Gasteiger partial charge on any atom is 0.506 e. The molecule has 194 valence electrons. The van der Waals surface area contributed by atoms with Gasteiger partial charge in [0.05, 0.1) is 11.1 Å². The van der Waals surface area contributed by atoms with E-state index in [0.717, 1.165) is 50.0 Å². The second kappa shape index (κ2) is 10.4. The zero-order chi connectivity index (χ0) is 26.2. The van der Waals surface area contributed by atoms with Gasteiger partial charge in [0.25, 0.3) is 0 Å². The Kier molecular flexibility index (Phi) is 8.28. The van der Waals surface area contributed by atoms with Gasteiger partial charge in [-0.15, -0.1) is 0 Å². The quantitative estimate of drug-likeness (QED) is 0.572. The van der Waals surface area contributed by atoms with Gasteiger partial charge in [-0.2, -0.15) is 0 Å². The smallest absolute Gasteiger partial charge is 0.443 e. The summed E-state index contributed by atoms with van der Waals surface area (Å²) in [7, 11) is -3.48. The highest BCUT2D eigenvalue weighted by Gasteiger charge is 2.37. The lowest BCUT2D eigenvalue weighted by Crippen LogP contribution is -2.43. The molecule has 1 fully saturated rings. The number of hydrogen-bond donors (Lipinski definition) is 2. The highest BCUT2D eigenvalue weighted by atomic mass is 28.4. The van der Waals surface area contributed by atoms with E-state index in [4.69, 9.17) is 9.16 Å². The molecule has 0 unspecified atom stereocenters. The van der Waals surface area contributed by atoms with Gasteiger partial charge in [-0.1, -0.05) is 26.8 Å². The number of ether oxygens (including phenoxy) is 1. The summed E-state index contributed by atoms with van der Waals surface area (Å²) in [4.78, 5) is 15.2. The predicted octanol–water partition coefficient (Wildman–Crippen LogP) is 4.34. The fraction of sp³-hybridized carbons (Fsp3) is 0.654. The van der Waals surface area contributed by atoms with E-state index in [2.05, 4.69) is 38.8 Å². The van der Waals surface area contributed by atoms with Crippen molar-refractivity contribution in [3.8, 4) is 0 Å². The van der Waals surface area contributed by atoms with Crippen LogP contribution < -0.4 is 5.59 Å². The molecule has 3 rings (SSSR count). The Hall–Kier alpha value is -1.65. The number of hydrogen-bond acceptors (Lipinski definition) is 6. The third-order valence-electron chi connectivity index (χ3n) is 7.33. The maximum absolute atomic E-state index is 12.8. The van der Waals surface area contributed by atoms with Crippen LogP contribution in [0, 0.1) is 5.92 Å². The minimum absolute atomic E-state index is 0.106. The minimum atomic E-state index is -1.77. The Morgan fingerprint density at radius 1 is 1.09 bits per heavy atom. The molecule has 2 N–H and O–H groups in total. The molecule has 1 aliphatic heterocycles. The normalized spacial score (nSPS) is 16.6. The van der Waals surface area contributed by atoms with Crippen LogP contribution in [0.4, 0.5) is 4.79 Å². The standard InChI is InChI=1S/C26H43BN2O5Si/c1-25(2,3)34-24(30)29-22-10-9-20(15-21(22)16-23(29)27(31)32)17-28-13-11-19(12-14-28)18-33-35(7,8)26(4,5)6/h9-10,15-16,19,31-32H,11-14,17-18H2,1-8H3. The van der Waals surface area contributed by atoms with E-state index in [1.807, 2.05) is 18.2 Å². The van der Waals surface area contributed by atoms with Crippen LogP contribution in [0.25, 0.3) is 10.9 Å². The highest BCUT2D eigenvalue weighted by molar-refractivity contribution is 6.74. The molecule has 1 saturated heterocycles. The monoisotopic (exact) mass is 502 g/mol. The first kappa shape index (κ1) is 27.9. The van der Waals surface area contributed by atoms with Crippen molar-refractivity contribution in [1.82, 2.24) is 9.47 Å². The SMILES string of the molecule is CC(C)(C)OC(=O)n1c(B(O)O)cc2cc(CN3CCC(CO[Si](C)(C)C(C)(C)C)CC3)ccc21. The maximum atomic E-state index is 12.8. The molecule has 0 aliphatic carbocycles. The average molecular weight is 503 g/mol. The molecule has 0 radical (unpaired) electrons. The van der Waals surface area contributed by atoms with Gasteiger partial charge in [-0.05, 0) is 94.5 Å². The molecule has 7 nitrogen and oxygen atoms in total. The number of rotatable bonds is 6. The number of benzene rings is 1. The van der Waals surface area contributed by atoms with Crippen molar-refractivity contribution in [1.29, 1.82) is 0 Å². The third kappa shape index (κ3) is 6.98. The molecule has 0 bridgehead atoms. The Balaban J connectivity index is 1.65. The van der Waals surface area contributed by atoms with Crippen LogP contribution in [0.15, 0.2) is 24.3 Å². The van der Waals surface area contributed by atoms with E-state index in [9.17, 15) is 14.8 Å². The number of carbonyl (C=O) groups is 1. The summed E-state index contributed by atoms with van der Waals surface area (Å²) in [6.07, 6.45) is 1.64. The number of piperidine rings is 1. The summed E-state index contributed by atoms with van der Waals surface area (Å²) in [6, 6.07) is 7.54. The summed E-state index contributed by atoms with van der Waals surface area (Å²) < 4.78 is 13.2. The van der Waals surface area contributed by atoms with Crippen molar-refractivity contribution in [2.45, 2.75) is 84.7 Å². The molecule has 0 amide bonds. The minimum Gasteiger partial charge on any atom is -0.443 e. The lowest BCUT2D eigenvalue weighted by atomic mass is 9.86. The number of likely N-dealkylation sites (tertiary alicyclic amines) is 1. The van der Waals surface area contributed by atoms with E-state index in [1.54, 1.807) is 26.8 Å². The molecule has 9 heteroatoms. The van der Waals surface area contributed by atoms with E-state index in [-0.39, 0.29) is 10.6 Å². The Morgan fingerprint density at radius 3 is 2.26 bits per heavy atom. The zero-order valence-corrected chi connectivity index (χ0v) is 23.7. The van der Waals surface area contributed by atoms with Gasteiger partial charge in [0.15, 0.2) is 8.32 Å². The molecule has 0 saturated carbocycles. The van der Waals surface area contributed by atoms with E-state index >= 15 is 0 Å². The topological polar surface area (TPSA) is 84.2 Å². The highest BCUT2D eigenvalue weighted by Crippen LogP contribution is 2.37. The number of aromatic nitrogens is 1. The predicted molar refractivity (Wildman–Crippen MR) is 145 cm³/mol. The van der Waals surface area contributed by atoms with Gasteiger partial charge in [-0.3, -0.25) is 9.47 Å². The number of nitrogens with zero attached hydrogens (tertiary/aromatic N) is 2. The van der Waals surface area contributed by atoms with E-state index in [0.29, 0.717) is 11.4 Å². The largest absolute Gasteiger partial charge is 0.506 e. The molecule has 2 aromatic rings. The average Bonchev–Trinajstić information content (AvgIpc) is 3.10. The molecular formula is C26H43BN2O5Si. The van der Waals surface area contributed by atoms with Crippen molar-refractivity contribution >= 4 is 38.0 Å². The molecule has 0 spiro atoms. The number of fused-ring (bicyclic) bond motifs is 1. The lowest BCUT2D eigenvalue weighted by molar-refractivity contribution is 0.0547. The molecule has 2 heterocycles. The second-order valence-corrected chi connectivity index (χ2v) is 17.3. The lowest BCUT2D eigenvalue weighted by Gasteiger charge is -2.39. The van der Waals surface area contributed by atoms with Gasteiger partial charge in [0.2, 0.25) is 0 Å². The van der Waals surface area contributed by atoms with Crippen LogP contribution in [0.3, 0.4) is 0 Å². The van der Waals surface area contributed by atoms with Gasteiger partial charge >= 0.3 is 13.2 Å². The summed E-state index contributed by atoms with van der Waals surface area (Å²) >= 11 is 0.